The van der Waals surface area contributed by atoms with E-state index in [0.717, 1.165) is 30.1 Å². The fourth-order valence-corrected chi connectivity index (χ4v) is 4.22. The third-order valence-corrected chi connectivity index (χ3v) is 5.00. The van der Waals surface area contributed by atoms with Crippen LogP contribution in [0.1, 0.15) is 31.1 Å². The molecule has 1 aliphatic carbocycles. The molecule has 94 valence electrons. The van der Waals surface area contributed by atoms with Crippen molar-refractivity contribution in [2.75, 3.05) is 25.0 Å². The number of nitrogens with one attached hydrogen (secondary N) is 1. The lowest BCUT2D eigenvalue weighted by Crippen LogP contribution is -2.20. The Hall–Kier alpha value is -0.610. The number of nitrogens with zero attached hydrogens (tertiary/aromatic N) is 2. The van der Waals surface area contributed by atoms with E-state index in [9.17, 15) is 0 Å². The SMILES string of the molecule is CCNc1ncc(CN2CC3CCCC3C2)s1. The van der Waals surface area contributed by atoms with Gasteiger partial charge in [-0.3, -0.25) is 4.90 Å². The van der Waals surface area contributed by atoms with Gasteiger partial charge in [0.1, 0.15) is 0 Å². The minimum absolute atomic E-state index is 0.959. The number of anilines is 1. The minimum Gasteiger partial charge on any atom is -0.362 e. The number of fused-ring (bicyclic) bond motifs is 1. The molecule has 2 fully saturated rings. The summed E-state index contributed by atoms with van der Waals surface area (Å²) in [5, 5.41) is 4.35. The molecule has 3 nitrogen and oxygen atoms in total. The monoisotopic (exact) mass is 251 g/mol. The van der Waals surface area contributed by atoms with Crippen LogP contribution in [0.25, 0.3) is 0 Å². The Bertz CT molecular complexity index is 364. The third kappa shape index (κ3) is 2.47. The molecular weight excluding hydrogens is 230 g/mol. The van der Waals surface area contributed by atoms with E-state index >= 15 is 0 Å². The molecule has 2 unspecified atom stereocenters. The second kappa shape index (κ2) is 4.94. The number of likely N-dealkylation sites (tertiary alicyclic amines) is 1. The topological polar surface area (TPSA) is 28.2 Å². The number of hydrogen-bond acceptors (Lipinski definition) is 4. The molecule has 3 rings (SSSR count). The molecule has 1 saturated heterocycles. The van der Waals surface area contributed by atoms with Crippen LogP contribution < -0.4 is 5.32 Å². The highest BCUT2D eigenvalue weighted by Gasteiger charge is 2.35. The summed E-state index contributed by atoms with van der Waals surface area (Å²) in [5.74, 6) is 1.99. The van der Waals surface area contributed by atoms with Gasteiger partial charge in [0.2, 0.25) is 0 Å². The van der Waals surface area contributed by atoms with Crippen molar-refractivity contribution in [3.8, 4) is 0 Å². The van der Waals surface area contributed by atoms with E-state index in [-0.39, 0.29) is 0 Å². The zero-order valence-electron chi connectivity index (χ0n) is 10.5. The molecule has 0 amide bonds. The van der Waals surface area contributed by atoms with Crippen LogP contribution in [0.2, 0.25) is 0 Å². The van der Waals surface area contributed by atoms with Gasteiger partial charge in [-0.1, -0.05) is 6.42 Å². The van der Waals surface area contributed by atoms with Crippen molar-refractivity contribution in [3.63, 3.8) is 0 Å². The first-order chi connectivity index (χ1) is 8.35. The molecule has 2 aliphatic rings. The zero-order chi connectivity index (χ0) is 11.7. The van der Waals surface area contributed by atoms with E-state index in [1.54, 1.807) is 0 Å². The van der Waals surface area contributed by atoms with Gasteiger partial charge >= 0.3 is 0 Å². The van der Waals surface area contributed by atoms with Crippen LogP contribution in [-0.2, 0) is 6.54 Å². The summed E-state index contributed by atoms with van der Waals surface area (Å²) in [6, 6.07) is 0. The van der Waals surface area contributed by atoms with Crippen LogP contribution in [0, 0.1) is 11.8 Å². The second-order valence-electron chi connectivity index (χ2n) is 5.31. The molecule has 1 saturated carbocycles. The normalized spacial score (nSPS) is 28.5. The Balaban J connectivity index is 1.56. The number of thiazole rings is 1. The minimum atomic E-state index is 0.959. The molecule has 2 heterocycles. The van der Waals surface area contributed by atoms with Gasteiger partial charge in [0.15, 0.2) is 5.13 Å². The first-order valence-corrected chi connectivity index (χ1v) is 7.57. The van der Waals surface area contributed by atoms with E-state index in [2.05, 4.69) is 22.1 Å². The van der Waals surface area contributed by atoms with Gasteiger partial charge < -0.3 is 5.32 Å². The lowest BCUT2D eigenvalue weighted by molar-refractivity contribution is 0.306. The largest absolute Gasteiger partial charge is 0.362 e. The molecule has 1 aliphatic heterocycles. The fourth-order valence-electron chi connectivity index (χ4n) is 3.30. The Morgan fingerprint density at radius 3 is 2.88 bits per heavy atom. The van der Waals surface area contributed by atoms with E-state index in [4.69, 9.17) is 0 Å². The predicted octanol–water partition coefficient (Wildman–Crippen LogP) is 2.81. The quantitative estimate of drug-likeness (QED) is 0.892. The van der Waals surface area contributed by atoms with Crippen molar-refractivity contribution >= 4 is 16.5 Å². The highest BCUT2D eigenvalue weighted by Crippen LogP contribution is 2.38. The molecule has 2 atom stereocenters. The van der Waals surface area contributed by atoms with E-state index < -0.39 is 0 Å². The van der Waals surface area contributed by atoms with E-state index in [1.807, 2.05) is 17.5 Å². The number of hydrogen-bond donors (Lipinski definition) is 1. The van der Waals surface area contributed by atoms with Crippen LogP contribution in [0.15, 0.2) is 6.20 Å². The fraction of sp³-hybridized carbons (Fsp3) is 0.769. The van der Waals surface area contributed by atoms with Crippen LogP contribution >= 0.6 is 11.3 Å². The highest BCUT2D eigenvalue weighted by molar-refractivity contribution is 7.15. The molecule has 17 heavy (non-hydrogen) atoms. The smallest absolute Gasteiger partial charge is 0.182 e. The maximum Gasteiger partial charge on any atom is 0.182 e. The molecule has 1 aromatic heterocycles. The highest BCUT2D eigenvalue weighted by atomic mass is 32.1. The van der Waals surface area contributed by atoms with Crippen molar-refractivity contribution in [2.24, 2.45) is 11.8 Å². The standard InChI is InChI=1S/C13H21N3S/c1-2-14-13-15-6-12(17-13)9-16-7-10-4-3-5-11(10)8-16/h6,10-11H,2-5,7-9H2,1H3,(H,14,15). The average Bonchev–Trinajstić information content (AvgIpc) is 2.95. The van der Waals surface area contributed by atoms with E-state index in [1.165, 1.54) is 37.2 Å². The van der Waals surface area contributed by atoms with Crippen LogP contribution in [0.4, 0.5) is 5.13 Å². The van der Waals surface area contributed by atoms with Gasteiger partial charge in [0.05, 0.1) is 0 Å². The predicted molar refractivity (Wildman–Crippen MR) is 72.4 cm³/mol. The summed E-state index contributed by atoms with van der Waals surface area (Å²) in [7, 11) is 0. The number of aromatic nitrogens is 1. The zero-order valence-corrected chi connectivity index (χ0v) is 11.3. The van der Waals surface area contributed by atoms with Crippen molar-refractivity contribution in [3.05, 3.63) is 11.1 Å². The van der Waals surface area contributed by atoms with Gasteiger partial charge in [-0.2, -0.15) is 0 Å². The molecular formula is C13H21N3S. The molecule has 0 aromatic carbocycles. The summed E-state index contributed by atoms with van der Waals surface area (Å²) in [5.41, 5.74) is 0. The third-order valence-electron chi connectivity index (χ3n) is 4.06. The van der Waals surface area contributed by atoms with Crippen LogP contribution in [0.5, 0.6) is 0 Å². The first-order valence-electron chi connectivity index (χ1n) is 6.76. The maximum atomic E-state index is 4.40. The first kappa shape index (κ1) is 11.5. The molecule has 1 aromatic rings. The molecule has 0 radical (unpaired) electrons. The summed E-state index contributed by atoms with van der Waals surface area (Å²) in [6.45, 7) is 6.82. The average molecular weight is 251 g/mol. The van der Waals surface area contributed by atoms with Crippen molar-refractivity contribution in [2.45, 2.75) is 32.7 Å². The molecule has 4 heteroatoms. The van der Waals surface area contributed by atoms with Crippen LogP contribution in [-0.4, -0.2) is 29.5 Å². The second-order valence-corrected chi connectivity index (χ2v) is 6.42. The van der Waals surface area contributed by atoms with Crippen molar-refractivity contribution < 1.29 is 0 Å². The van der Waals surface area contributed by atoms with Gasteiger partial charge in [-0.15, -0.1) is 11.3 Å². The Labute approximate surface area is 107 Å². The van der Waals surface area contributed by atoms with Gasteiger partial charge in [0.25, 0.3) is 0 Å². The van der Waals surface area contributed by atoms with Gasteiger partial charge in [-0.25, -0.2) is 4.98 Å². The van der Waals surface area contributed by atoms with Gasteiger partial charge in [-0.05, 0) is 31.6 Å². The summed E-state index contributed by atoms with van der Waals surface area (Å²) in [6.07, 6.45) is 6.43. The lowest BCUT2D eigenvalue weighted by atomic mass is 10.0. The Kier molecular flexibility index (Phi) is 3.34. The molecule has 0 bridgehead atoms. The van der Waals surface area contributed by atoms with E-state index in [0.29, 0.717) is 0 Å². The van der Waals surface area contributed by atoms with Crippen molar-refractivity contribution in [1.82, 2.24) is 9.88 Å². The number of rotatable bonds is 4. The summed E-state index contributed by atoms with van der Waals surface area (Å²) < 4.78 is 0. The van der Waals surface area contributed by atoms with Crippen LogP contribution in [0.3, 0.4) is 0 Å². The molecule has 0 spiro atoms. The lowest BCUT2D eigenvalue weighted by Gasteiger charge is -2.14. The van der Waals surface area contributed by atoms with Gasteiger partial charge in [0, 0.05) is 37.3 Å². The molecule has 1 N–H and O–H groups in total. The Morgan fingerprint density at radius 1 is 1.41 bits per heavy atom. The summed E-state index contributed by atoms with van der Waals surface area (Å²) in [4.78, 5) is 8.43. The Morgan fingerprint density at radius 2 is 2.18 bits per heavy atom. The maximum absolute atomic E-state index is 4.40. The summed E-state index contributed by atoms with van der Waals surface area (Å²) >= 11 is 1.81. The van der Waals surface area contributed by atoms with Crippen molar-refractivity contribution in [1.29, 1.82) is 0 Å².